The molecule has 4 nitrogen and oxygen atoms in total. The molecule has 1 N–H and O–H groups in total. The lowest BCUT2D eigenvalue weighted by Gasteiger charge is -2.19. The molecule has 0 aliphatic rings. The molecule has 0 bridgehead atoms. The van der Waals surface area contributed by atoms with Crippen LogP contribution in [0.4, 0.5) is 0 Å². The Kier molecular flexibility index (Phi) is 6.53. The van der Waals surface area contributed by atoms with Crippen LogP contribution in [0.1, 0.15) is 25.0 Å². The van der Waals surface area contributed by atoms with Gasteiger partial charge in [-0.1, -0.05) is 24.3 Å². The molecular formula is C15H24N2O2. The van der Waals surface area contributed by atoms with E-state index < -0.39 is 0 Å². The summed E-state index contributed by atoms with van der Waals surface area (Å²) in [7, 11) is 3.53. The summed E-state index contributed by atoms with van der Waals surface area (Å²) < 4.78 is 5.45. The molecule has 4 heteroatoms. The summed E-state index contributed by atoms with van der Waals surface area (Å²) >= 11 is 0. The summed E-state index contributed by atoms with van der Waals surface area (Å²) in [5.41, 5.74) is 2.34. The second kappa shape index (κ2) is 7.92. The molecular weight excluding hydrogens is 240 g/mol. The molecule has 0 saturated carbocycles. The van der Waals surface area contributed by atoms with Crippen LogP contribution in [0.25, 0.3) is 0 Å². The monoisotopic (exact) mass is 264 g/mol. The molecule has 0 aliphatic carbocycles. The van der Waals surface area contributed by atoms with Crippen molar-refractivity contribution in [3.8, 4) is 0 Å². The average molecular weight is 264 g/mol. The molecule has 1 atom stereocenters. The number of hydrogen-bond acceptors (Lipinski definition) is 3. The van der Waals surface area contributed by atoms with Crippen LogP contribution in [0.2, 0.25) is 0 Å². The van der Waals surface area contributed by atoms with E-state index in [4.69, 9.17) is 4.74 Å². The standard InChI is InChI=1S/C15H24N2O2/c1-5-19-11-14-9-7-6-8-13(14)10-16-12(2)15(18)17(3)4/h6-9,12,16H,5,10-11H2,1-4H3. The molecule has 1 rings (SSSR count). The quantitative estimate of drug-likeness (QED) is 0.816. The Labute approximate surface area is 115 Å². The molecule has 0 aliphatic heterocycles. The number of likely N-dealkylation sites (N-methyl/N-ethyl adjacent to an activating group) is 1. The van der Waals surface area contributed by atoms with Crippen molar-refractivity contribution in [1.29, 1.82) is 0 Å². The van der Waals surface area contributed by atoms with Crippen molar-refractivity contribution >= 4 is 5.91 Å². The van der Waals surface area contributed by atoms with E-state index in [-0.39, 0.29) is 11.9 Å². The van der Waals surface area contributed by atoms with Gasteiger partial charge in [-0.25, -0.2) is 0 Å². The van der Waals surface area contributed by atoms with Gasteiger partial charge in [-0.3, -0.25) is 4.79 Å². The molecule has 0 fully saturated rings. The van der Waals surface area contributed by atoms with Crippen LogP contribution in [0.5, 0.6) is 0 Å². The summed E-state index contributed by atoms with van der Waals surface area (Å²) in [6.07, 6.45) is 0. The Morgan fingerprint density at radius 1 is 1.32 bits per heavy atom. The zero-order valence-electron chi connectivity index (χ0n) is 12.3. The van der Waals surface area contributed by atoms with Gasteiger partial charge in [0.15, 0.2) is 0 Å². The smallest absolute Gasteiger partial charge is 0.238 e. The highest BCUT2D eigenvalue weighted by Crippen LogP contribution is 2.10. The van der Waals surface area contributed by atoms with Crippen molar-refractivity contribution in [3.05, 3.63) is 35.4 Å². The number of rotatable bonds is 7. The maximum atomic E-state index is 11.8. The summed E-state index contributed by atoms with van der Waals surface area (Å²) in [4.78, 5) is 13.4. The van der Waals surface area contributed by atoms with Crippen LogP contribution >= 0.6 is 0 Å². The van der Waals surface area contributed by atoms with Crippen molar-refractivity contribution in [2.24, 2.45) is 0 Å². The Morgan fingerprint density at radius 3 is 2.53 bits per heavy atom. The first kappa shape index (κ1) is 15.7. The predicted octanol–water partition coefficient (Wildman–Crippen LogP) is 1.79. The van der Waals surface area contributed by atoms with Gasteiger partial charge in [0.1, 0.15) is 0 Å². The van der Waals surface area contributed by atoms with E-state index in [9.17, 15) is 4.79 Å². The highest BCUT2D eigenvalue weighted by molar-refractivity contribution is 5.80. The molecule has 1 aromatic rings. The molecule has 0 spiro atoms. The fourth-order valence-corrected chi connectivity index (χ4v) is 1.82. The van der Waals surface area contributed by atoms with Crippen LogP contribution in [-0.4, -0.2) is 37.6 Å². The first-order valence-electron chi connectivity index (χ1n) is 6.65. The molecule has 19 heavy (non-hydrogen) atoms. The van der Waals surface area contributed by atoms with Gasteiger partial charge in [-0.15, -0.1) is 0 Å². The minimum atomic E-state index is -0.185. The maximum absolute atomic E-state index is 11.8. The van der Waals surface area contributed by atoms with E-state index in [1.54, 1.807) is 19.0 Å². The van der Waals surface area contributed by atoms with Crippen molar-refractivity contribution in [2.75, 3.05) is 20.7 Å². The number of benzene rings is 1. The Balaban J connectivity index is 2.59. The average Bonchev–Trinajstić information content (AvgIpc) is 2.42. The van der Waals surface area contributed by atoms with Crippen molar-refractivity contribution in [3.63, 3.8) is 0 Å². The Morgan fingerprint density at radius 2 is 1.95 bits per heavy atom. The van der Waals surface area contributed by atoms with Gasteiger partial charge in [0.2, 0.25) is 5.91 Å². The molecule has 0 saturated heterocycles. The number of nitrogens with zero attached hydrogens (tertiary/aromatic N) is 1. The third kappa shape index (κ3) is 5.01. The van der Waals surface area contributed by atoms with Gasteiger partial charge in [-0.2, -0.15) is 0 Å². The number of hydrogen-bond donors (Lipinski definition) is 1. The van der Waals surface area contributed by atoms with Crippen LogP contribution in [-0.2, 0) is 22.7 Å². The number of carbonyl (C=O) groups excluding carboxylic acids is 1. The van der Waals surface area contributed by atoms with E-state index in [1.165, 1.54) is 11.1 Å². The molecule has 1 amide bonds. The lowest BCUT2D eigenvalue weighted by Crippen LogP contribution is -2.41. The molecule has 0 aromatic heterocycles. The Bertz CT molecular complexity index is 405. The van der Waals surface area contributed by atoms with Crippen molar-refractivity contribution in [1.82, 2.24) is 10.2 Å². The lowest BCUT2D eigenvalue weighted by atomic mass is 10.1. The molecule has 0 radical (unpaired) electrons. The second-order valence-corrected chi connectivity index (χ2v) is 4.74. The summed E-state index contributed by atoms with van der Waals surface area (Å²) in [6, 6.07) is 7.95. The predicted molar refractivity (Wildman–Crippen MR) is 76.8 cm³/mol. The van der Waals surface area contributed by atoms with Gasteiger partial charge >= 0.3 is 0 Å². The first-order chi connectivity index (χ1) is 9.06. The summed E-state index contributed by atoms with van der Waals surface area (Å²) in [5.74, 6) is 0.0855. The van der Waals surface area contributed by atoms with Gasteiger partial charge in [0.25, 0.3) is 0 Å². The van der Waals surface area contributed by atoms with Crippen LogP contribution in [0.15, 0.2) is 24.3 Å². The van der Waals surface area contributed by atoms with Gasteiger partial charge < -0.3 is 15.0 Å². The summed E-state index contributed by atoms with van der Waals surface area (Å²) in [6.45, 7) is 5.86. The molecule has 106 valence electrons. The minimum Gasteiger partial charge on any atom is -0.377 e. The van der Waals surface area contributed by atoms with E-state index in [1.807, 2.05) is 26.0 Å². The fourth-order valence-electron chi connectivity index (χ4n) is 1.82. The lowest BCUT2D eigenvalue weighted by molar-refractivity contribution is -0.130. The molecule has 1 aromatic carbocycles. The van der Waals surface area contributed by atoms with Gasteiger partial charge in [-0.05, 0) is 25.0 Å². The molecule has 0 heterocycles. The third-order valence-electron chi connectivity index (χ3n) is 2.99. The highest BCUT2D eigenvalue weighted by Gasteiger charge is 2.14. The van der Waals surface area contributed by atoms with Crippen molar-refractivity contribution in [2.45, 2.75) is 33.0 Å². The normalized spacial score (nSPS) is 12.2. The zero-order chi connectivity index (χ0) is 14.3. The highest BCUT2D eigenvalue weighted by atomic mass is 16.5. The topological polar surface area (TPSA) is 41.6 Å². The van der Waals surface area contributed by atoms with Gasteiger partial charge in [0.05, 0.1) is 12.6 Å². The van der Waals surface area contributed by atoms with E-state index >= 15 is 0 Å². The second-order valence-electron chi connectivity index (χ2n) is 4.74. The van der Waals surface area contributed by atoms with Crippen LogP contribution in [0.3, 0.4) is 0 Å². The number of nitrogens with one attached hydrogen (secondary N) is 1. The SMILES string of the molecule is CCOCc1ccccc1CNC(C)C(=O)N(C)C. The zero-order valence-corrected chi connectivity index (χ0v) is 12.3. The minimum absolute atomic E-state index is 0.0855. The first-order valence-corrected chi connectivity index (χ1v) is 6.65. The van der Waals surface area contributed by atoms with Crippen molar-refractivity contribution < 1.29 is 9.53 Å². The number of amides is 1. The third-order valence-corrected chi connectivity index (χ3v) is 2.99. The van der Waals surface area contributed by atoms with E-state index in [0.29, 0.717) is 19.8 Å². The van der Waals surface area contributed by atoms with Crippen LogP contribution in [0, 0.1) is 0 Å². The number of ether oxygens (including phenoxy) is 1. The van der Waals surface area contributed by atoms with E-state index in [2.05, 4.69) is 17.4 Å². The number of carbonyl (C=O) groups is 1. The molecule has 1 unspecified atom stereocenters. The fraction of sp³-hybridized carbons (Fsp3) is 0.533. The maximum Gasteiger partial charge on any atom is 0.238 e. The van der Waals surface area contributed by atoms with Gasteiger partial charge in [0, 0.05) is 27.2 Å². The largest absolute Gasteiger partial charge is 0.377 e. The van der Waals surface area contributed by atoms with Crippen LogP contribution < -0.4 is 5.32 Å². The Hall–Kier alpha value is -1.39. The summed E-state index contributed by atoms with van der Waals surface area (Å²) in [5, 5.41) is 3.25. The van der Waals surface area contributed by atoms with E-state index in [0.717, 1.165) is 0 Å².